The molecule has 2 unspecified atom stereocenters. The van der Waals surface area contributed by atoms with Crippen molar-refractivity contribution < 1.29 is 4.79 Å². The van der Waals surface area contributed by atoms with Crippen LogP contribution in [0.2, 0.25) is 0 Å². The molecule has 1 saturated heterocycles. The molecule has 0 saturated carbocycles. The number of piperidine rings is 1. The number of aromatic nitrogens is 1. The molecule has 2 rings (SSSR count). The molecule has 1 aliphatic heterocycles. The van der Waals surface area contributed by atoms with Crippen LogP contribution >= 0.6 is 0 Å². The second kappa shape index (κ2) is 5.07. The molecule has 0 aliphatic carbocycles. The molecule has 2 N–H and O–H groups in total. The van der Waals surface area contributed by atoms with Crippen molar-refractivity contribution in [2.45, 2.75) is 31.8 Å². The fourth-order valence-electron chi connectivity index (χ4n) is 1.96. The van der Waals surface area contributed by atoms with Gasteiger partial charge in [-0.3, -0.25) is 15.1 Å². The minimum Gasteiger partial charge on any atom is -0.355 e. The second-order valence-electron chi connectivity index (χ2n) is 4.16. The molecule has 16 heavy (non-hydrogen) atoms. The maximum Gasteiger partial charge on any atom is 0.237 e. The summed E-state index contributed by atoms with van der Waals surface area (Å²) in [6.07, 6.45) is 5.54. The van der Waals surface area contributed by atoms with Gasteiger partial charge >= 0.3 is 0 Å². The Morgan fingerprint density at radius 3 is 3.19 bits per heavy atom. The van der Waals surface area contributed by atoms with Crippen LogP contribution in [0.1, 0.15) is 31.4 Å². The summed E-state index contributed by atoms with van der Waals surface area (Å²) in [6.45, 7) is 2.86. The van der Waals surface area contributed by atoms with E-state index in [1.165, 1.54) is 0 Å². The van der Waals surface area contributed by atoms with E-state index in [1.54, 1.807) is 6.20 Å². The van der Waals surface area contributed by atoms with E-state index < -0.39 is 0 Å². The summed E-state index contributed by atoms with van der Waals surface area (Å²) in [7, 11) is 0. The molecule has 1 amide bonds. The predicted octanol–water partition coefficient (Wildman–Crippen LogP) is 1.01. The van der Waals surface area contributed by atoms with Crippen molar-refractivity contribution in [1.82, 2.24) is 15.6 Å². The van der Waals surface area contributed by atoms with E-state index in [0.29, 0.717) is 0 Å². The summed E-state index contributed by atoms with van der Waals surface area (Å²) < 4.78 is 0. The van der Waals surface area contributed by atoms with Gasteiger partial charge in [0.15, 0.2) is 0 Å². The van der Waals surface area contributed by atoms with E-state index in [-0.39, 0.29) is 18.0 Å². The molecule has 0 radical (unpaired) electrons. The van der Waals surface area contributed by atoms with Crippen LogP contribution in [0.25, 0.3) is 0 Å². The van der Waals surface area contributed by atoms with Gasteiger partial charge in [0.2, 0.25) is 5.91 Å². The van der Waals surface area contributed by atoms with Crippen molar-refractivity contribution in [3.05, 3.63) is 30.1 Å². The minimum absolute atomic E-state index is 0.0658. The number of pyridine rings is 1. The zero-order valence-electron chi connectivity index (χ0n) is 9.44. The summed E-state index contributed by atoms with van der Waals surface area (Å²) in [5.74, 6) is 0.113. The fraction of sp³-hybridized carbons (Fsp3) is 0.500. The molecule has 1 aromatic rings. The number of carbonyl (C=O) groups is 1. The van der Waals surface area contributed by atoms with Gasteiger partial charge in [-0.15, -0.1) is 0 Å². The monoisotopic (exact) mass is 219 g/mol. The molecule has 1 aromatic heterocycles. The average molecular weight is 219 g/mol. The smallest absolute Gasteiger partial charge is 0.237 e. The van der Waals surface area contributed by atoms with Crippen molar-refractivity contribution in [3.63, 3.8) is 0 Å². The lowest BCUT2D eigenvalue weighted by molar-refractivity contribution is -0.124. The Morgan fingerprint density at radius 2 is 2.50 bits per heavy atom. The molecule has 1 fully saturated rings. The molecular weight excluding hydrogens is 202 g/mol. The van der Waals surface area contributed by atoms with Gasteiger partial charge in [-0.05, 0) is 31.4 Å². The number of nitrogens with zero attached hydrogens (tertiary/aromatic N) is 1. The third kappa shape index (κ3) is 2.58. The second-order valence-corrected chi connectivity index (χ2v) is 4.16. The Morgan fingerprint density at radius 1 is 1.62 bits per heavy atom. The molecular formula is C12H17N3O. The summed E-state index contributed by atoms with van der Waals surface area (Å²) >= 11 is 0. The molecule has 0 bridgehead atoms. The summed E-state index contributed by atoms with van der Waals surface area (Å²) in [5, 5.41) is 6.20. The molecule has 2 atom stereocenters. The van der Waals surface area contributed by atoms with Crippen molar-refractivity contribution in [2.24, 2.45) is 0 Å². The van der Waals surface area contributed by atoms with E-state index in [2.05, 4.69) is 22.5 Å². The number of carbonyl (C=O) groups excluding carboxylic acids is 1. The zero-order chi connectivity index (χ0) is 11.4. The largest absolute Gasteiger partial charge is 0.355 e. The zero-order valence-corrected chi connectivity index (χ0v) is 9.44. The SMILES string of the molecule is CC(NC1CCCNC1=O)c1cccnc1. The van der Waals surface area contributed by atoms with Gasteiger partial charge in [0, 0.05) is 25.0 Å². The number of nitrogens with one attached hydrogen (secondary N) is 2. The molecule has 4 nitrogen and oxygen atoms in total. The predicted molar refractivity (Wildman–Crippen MR) is 61.8 cm³/mol. The van der Waals surface area contributed by atoms with Crippen molar-refractivity contribution in [2.75, 3.05) is 6.54 Å². The summed E-state index contributed by atoms with van der Waals surface area (Å²) in [4.78, 5) is 15.6. The van der Waals surface area contributed by atoms with E-state index >= 15 is 0 Å². The standard InChI is InChI=1S/C12H17N3O/c1-9(10-4-2-6-13-8-10)15-11-5-3-7-14-12(11)16/h2,4,6,8-9,11,15H,3,5,7H2,1H3,(H,14,16). The Balaban J connectivity index is 1.96. The van der Waals surface area contributed by atoms with E-state index in [1.807, 2.05) is 18.3 Å². The van der Waals surface area contributed by atoms with Crippen molar-refractivity contribution in [1.29, 1.82) is 0 Å². The number of hydrogen-bond donors (Lipinski definition) is 2. The first-order valence-electron chi connectivity index (χ1n) is 5.71. The lowest BCUT2D eigenvalue weighted by Gasteiger charge is -2.26. The molecule has 0 aromatic carbocycles. The van der Waals surface area contributed by atoms with Crippen LogP contribution in [0, 0.1) is 0 Å². The maximum atomic E-state index is 11.6. The van der Waals surface area contributed by atoms with E-state index in [4.69, 9.17) is 0 Å². The fourth-order valence-corrected chi connectivity index (χ4v) is 1.96. The van der Waals surface area contributed by atoms with Crippen molar-refractivity contribution in [3.8, 4) is 0 Å². The van der Waals surface area contributed by atoms with Crippen LogP contribution in [-0.2, 0) is 4.79 Å². The lowest BCUT2D eigenvalue weighted by atomic mass is 10.0. The Kier molecular flexibility index (Phi) is 3.51. The summed E-state index contributed by atoms with van der Waals surface area (Å²) in [6, 6.07) is 4.02. The first kappa shape index (κ1) is 11.1. The third-order valence-electron chi connectivity index (χ3n) is 2.92. The van der Waals surface area contributed by atoms with Gasteiger partial charge in [0.1, 0.15) is 0 Å². The van der Waals surface area contributed by atoms with Gasteiger partial charge in [0.25, 0.3) is 0 Å². The van der Waals surface area contributed by atoms with Crippen LogP contribution in [0.4, 0.5) is 0 Å². The Labute approximate surface area is 95.5 Å². The summed E-state index contributed by atoms with van der Waals surface area (Å²) in [5.41, 5.74) is 1.11. The molecule has 2 heterocycles. The van der Waals surface area contributed by atoms with Gasteiger partial charge in [-0.25, -0.2) is 0 Å². The Hall–Kier alpha value is -1.42. The van der Waals surface area contributed by atoms with Crippen LogP contribution in [0.5, 0.6) is 0 Å². The molecule has 1 aliphatic rings. The highest BCUT2D eigenvalue weighted by Crippen LogP contribution is 2.13. The van der Waals surface area contributed by atoms with Crippen LogP contribution < -0.4 is 10.6 Å². The van der Waals surface area contributed by atoms with Gasteiger partial charge in [-0.2, -0.15) is 0 Å². The van der Waals surface area contributed by atoms with Crippen LogP contribution in [0.15, 0.2) is 24.5 Å². The van der Waals surface area contributed by atoms with Crippen LogP contribution in [-0.4, -0.2) is 23.5 Å². The quantitative estimate of drug-likeness (QED) is 0.797. The number of hydrogen-bond acceptors (Lipinski definition) is 3. The Bertz CT molecular complexity index is 353. The molecule has 0 spiro atoms. The normalized spacial score (nSPS) is 22.6. The highest BCUT2D eigenvalue weighted by atomic mass is 16.2. The first-order valence-corrected chi connectivity index (χ1v) is 5.71. The van der Waals surface area contributed by atoms with E-state index in [9.17, 15) is 4.79 Å². The topological polar surface area (TPSA) is 54.0 Å². The molecule has 86 valence electrons. The number of amides is 1. The molecule has 4 heteroatoms. The highest BCUT2D eigenvalue weighted by molar-refractivity contribution is 5.82. The highest BCUT2D eigenvalue weighted by Gasteiger charge is 2.23. The van der Waals surface area contributed by atoms with Gasteiger partial charge in [-0.1, -0.05) is 6.07 Å². The third-order valence-corrected chi connectivity index (χ3v) is 2.92. The lowest BCUT2D eigenvalue weighted by Crippen LogP contribution is -2.48. The van der Waals surface area contributed by atoms with Gasteiger partial charge in [0.05, 0.1) is 6.04 Å². The number of rotatable bonds is 3. The van der Waals surface area contributed by atoms with Gasteiger partial charge < -0.3 is 5.32 Å². The first-order chi connectivity index (χ1) is 7.77. The average Bonchev–Trinajstić information content (AvgIpc) is 2.33. The maximum absolute atomic E-state index is 11.6. The van der Waals surface area contributed by atoms with E-state index in [0.717, 1.165) is 24.9 Å². The minimum atomic E-state index is -0.0658. The van der Waals surface area contributed by atoms with Crippen molar-refractivity contribution >= 4 is 5.91 Å². The van der Waals surface area contributed by atoms with Crippen LogP contribution in [0.3, 0.4) is 0 Å².